The molecule has 3 aromatic rings. The van der Waals surface area contributed by atoms with Crippen LogP contribution in [0.15, 0.2) is 69.5 Å². The standard InChI is InChI=1S/C23H29.C10H15.C9H10.2ClH.Zr/c1-14-9-16-11-17-10-15(2)21(23(6,7)8)13-19(17)18(16)12-20(14)22(3,4)5;1-8-5-6-9(7-8)10(2,3)4;1-3-9-6-4-8(2)5-7-9;;;/h9-13H,1-8H3;6-8H,1-4H3;4-7H,1-2H3;2*1H;/q;;;;;+2/p-2. The summed E-state index contributed by atoms with van der Waals surface area (Å²) < 4.78 is 3.89. The second kappa shape index (κ2) is 13.2. The minimum Gasteiger partial charge on any atom is -1.00 e. The molecule has 1 unspecified atom stereocenters. The number of halogens is 2. The summed E-state index contributed by atoms with van der Waals surface area (Å²) in [4.78, 5) is 0. The van der Waals surface area contributed by atoms with Crippen molar-refractivity contribution in [3.05, 3.63) is 114 Å². The molecule has 1 atom stereocenters. The Labute approximate surface area is 295 Å². The first-order valence-electron chi connectivity index (χ1n) is 16.3. The Morgan fingerprint density at radius 2 is 1.09 bits per heavy atom. The Bertz CT molecular complexity index is 1620. The van der Waals surface area contributed by atoms with Gasteiger partial charge in [0, 0.05) is 0 Å². The van der Waals surface area contributed by atoms with Crippen molar-refractivity contribution in [3.63, 3.8) is 0 Å². The molecule has 5 rings (SSSR count). The smallest absolute Gasteiger partial charge is 1.00 e. The Balaban J connectivity index is 0.00000276. The van der Waals surface area contributed by atoms with Crippen molar-refractivity contribution in [1.29, 1.82) is 0 Å². The van der Waals surface area contributed by atoms with Crippen molar-refractivity contribution in [2.45, 2.75) is 111 Å². The first-order valence-corrected chi connectivity index (χ1v) is 20.2. The predicted molar refractivity (Wildman–Crippen MR) is 186 cm³/mol. The fourth-order valence-corrected chi connectivity index (χ4v) is 16.6. The SMILES string of the molecule is C/[C](c1ccc(C)cc1)=[Zr+2](/[C]1=CC(C(C)(C)C)=CC1C)[CH]1c2cc(C)c(C(C)(C)C)cc2-c2cc(C(C)(C)C)c(C)cc21.[Cl-].[Cl-]. The Morgan fingerprint density at radius 1 is 0.644 bits per heavy atom. The van der Waals surface area contributed by atoms with E-state index in [2.05, 4.69) is 158 Å². The quantitative estimate of drug-likeness (QED) is 0.329. The van der Waals surface area contributed by atoms with E-state index in [1.54, 1.807) is 17.6 Å². The molecule has 0 saturated heterocycles. The first kappa shape index (κ1) is 37.9. The van der Waals surface area contributed by atoms with Crippen LogP contribution in [0.2, 0.25) is 0 Å². The first-order chi connectivity index (χ1) is 19.8. The van der Waals surface area contributed by atoms with Crippen LogP contribution in [0.5, 0.6) is 0 Å². The summed E-state index contributed by atoms with van der Waals surface area (Å²) >= 11 is -2.59. The van der Waals surface area contributed by atoms with E-state index in [-0.39, 0.29) is 41.1 Å². The van der Waals surface area contributed by atoms with Gasteiger partial charge in [-0.1, -0.05) is 0 Å². The van der Waals surface area contributed by atoms with Gasteiger partial charge in [-0.15, -0.1) is 0 Å². The molecule has 45 heavy (non-hydrogen) atoms. The van der Waals surface area contributed by atoms with Crippen molar-refractivity contribution >= 4 is 3.21 Å². The van der Waals surface area contributed by atoms with Crippen LogP contribution in [0.3, 0.4) is 0 Å². The van der Waals surface area contributed by atoms with E-state index >= 15 is 0 Å². The molecule has 0 spiro atoms. The summed E-state index contributed by atoms with van der Waals surface area (Å²) in [5.41, 5.74) is 16.6. The predicted octanol–water partition coefficient (Wildman–Crippen LogP) is 5.65. The zero-order chi connectivity index (χ0) is 31.8. The molecular weight excluding hydrogens is 667 g/mol. The van der Waals surface area contributed by atoms with E-state index in [0.29, 0.717) is 9.54 Å². The van der Waals surface area contributed by atoms with Crippen molar-refractivity contribution in [3.8, 4) is 11.1 Å². The average Bonchev–Trinajstić information content (AvgIpc) is 3.40. The summed E-state index contributed by atoms with van der Waals surface area (Å²) in [6.07, 6.45) is 5.23. The number of rotatable bonds is 3. The van der Waals surface area contributed by atoms with Gasteiger partial charge in [0.05, 0.1) is 0 Å². The minimum absolute atomic E-state index is 0. The maximum Gasteiger partial charge on any atom is -1.00 e. The second-order valence-electron chi connectivity index (χ2n) is 16.6. The van der Waals surface area contributed by atoms with Gasteiger partial charge < -0.3 is 24.8 Å². The second-order valence-corrected chi connectivity index (χ2v) is 23.3. The maximum absolute atomic E-state index is 2.65. The van der Waals surface area contributed by atoms with Crippen molar-refractivity contribution in [1.82, 2.24) is 0 Å². The molecule has 3 heteroatoms. The Morgan fingerprint density at radius 3 is 1.47 bits per heavy atom. The van der Waals surface area contributed by atoms with Gasteiger partial charge in [0.2, 0.25) is 0 Å². The zero-order valence-corrected chi connectivity index (χ0v) is 34.2. The molecule has 0 bridgehead atoms. The minimum atomic E-state index is -2.59. The number of fused-ring (bicyclic) bond motifs is 3. The van der Waals surface area contributed by atoms with Gasteiger partial charge in [0.1, 0.15) is 0 Å². The van der Waals surface area contributed by atoms with Crippen LogP contribution >= 0.6 is 0 Å². The van der Waals surface area contributed by atoms with Gasteiger partial charge in [0.15, 0.2) is 0 Å². The van der Waals surface area contributed by atoms with E-state index in [1.165, 1.54) is 50.1 Å². The van der Waals surface area contributed by atoms with Crippen LogP contribution < -0.4 is 24.8 Å². The van der Waals surface area contributed by atoms with Gasteiger partial charge in [-0.2, -0.15) is 0 Å². The van der Waals surface area contributed by atoms with Crippen molar-refractivity contribution < 1.29 is 46.1 Å². The molecule has 0 fully saturated rings. The molecule has 0 amide bonds. The average molecular weight is 721 g/mol. The molecule has 2 aliphatic rings. The Hall–Kier alpha value is -1.53. The normalized spacial score (nSPS) is 16.7. The number of aryl methyl sites for hydroxylation is 3. The summed E-state index contributed by atoms with van der Waals surface area (Å²) in [6, 6.07) is 19.8. The molecule has 0 saturated carbocycles. The molecule has 0 N–H and O–H groups in total. The molecule has 0 aliphatic heterocycles. The van der Waals surface area contributed by atoms with Crippen LogP contribution in [0.25, 0.3) is 11.1 Å². The number of allylic oxidation sites excluding steroid dienone is 4. The van der Waals surface area contributed by atoms with Crippen LogP contribution in [-0.2, 0) is 32.1 Å². The van der Waals surface area contributed by atoms with Gasteiger partial charge in [0.25, 0.3) is 0 Å². The molecule has 0 heterocycles. The summed E-state index contributed by atoms with van der Waals surface area (Å²) in [5.74, 6) is 0.487. The monoisotopic (exact) mass is 718 g/mol. The molecule has 240 valence electrons. The topological polar surface area (TPSA) is 0 Å². The van der Waals surface area contributed by atoms with Gasteiger partial charge >= 0.3 is 272 Å². The van der Waals surface area contributed by atoms with Crippen LogP contribution in [-0.4, -0.2) is 3.21 Å². The molecule has 3 aromatic carbocycles. The summed E-state index contributed by atoms with van der Waals surface area (Å²) in [7, 11) is 0. The molecule has 2 aliphatic carbocycles. The summed E-state index contributed by atoms with van der Waals surface area (Å²) in [6.45, 7) is 33.2. The van der Waals surface area contributed by atoms with E-state index < -0.39 is 21.3 Å². The van der Waals surface area contributed by atoms with Crippen LogP contribution in [0, 0.1) is 32.1 Å². The van der Waals surface area contributed by atoms with Gasteiger partial charge in [-0.05, 0) is 0 Å². The van der Waals surface area contributed by atoms with Gasteiger partial charge in [-0.25, -0.2) is 0 Å². The fourth-order valence-electron chi connectivity index (χ4n) is 7.55. The summed E-state index contributed by atoms with van der Waals surface area (Å²) in [5, 5.41) is 0. The zero-order valence-electron chi connectivity index (χ0n) is 30.2. The number of hydrogen-bond acceptors (Lipinski definition) is 0. The fraction of sp³-hybridized carbons (Fsp3) is 0.452. The molecule has 0 nitrogen and oxygen atoms in total. The third-order valence-electron chi connectivity index (χ3n) is 9.91. The third kappa shape index (κ3) is 7.17. The van der Waals surface area contributed by atoms with E-state index in [9.17, 15) is 0 Å². The van der Waals surface area contributed by atoms with Crippen molar-refractivity contribution in [2.75, 3.05) is 0 Å². The third-order valence-corrected chi connectivity index (χ3v) is 18.6. The van der Waals surface area contributed by atoms with Crippen LogP contribution in [0.4, 0.5) is 0 Å². The van der Waals surface area contributed by atoms with E-state index in [4.69, 9.17) is 0 Å². The van der Waals surface area contributed by atoms with Gasteiger partial charge in [-0.3, -0.25) is 0 Å². The van der Waals surface area contributed by atoms with Crippen LogP contribution in [0.1, 0.15) is 124 Å². The largest absolute Gasteiger partial charge is 1.00 e. The number of hydrogen-bond donors (Lipinski definition) is 0. The van der Waals surface area contributed by atoms with E-state index in [0.717, 1.165) is 0 Å². The Kier molecular flexibility index (Phi) is 11.1. The number of benzene rings is 3. The van der Waals surface area contributed by atoms with E-state index in [1.807, 2.05) is 0 Å². The molecule has 0 radical (unpaired) electrons. The van der Waals surface area contributed by atoms with Crippen molar-refractivity contribution in [2.24, 2.45) is 11.3 Å². The maximum atomic E-state index is 2.65. The molecular formula is C42H54Cl2Zr. The molecule has 0 aromatic heterocycles.